The van der Waals surface area contributed by atoms with Crippen molar-refractivity contribution in [3.8, 4) is 6.07 Å². The molecule has 1 heterocycles. The monoisotopic (exact) mass is 306 g/mol. The summed E-state index contributed by atoms with van der Waals surface area (Å²) in [5, 5.41) is 15.3. The molecule has 5 heteroatoms. The maximum atomic E-state index is 12.4. The number of hydrogen-bond acceptors (Lipinski definition) is 4. The zero-order chi connectivity index (χ0) is 16.1. The van der Waals surface area contributed by atoms with Crippen molar-refractivity contribution in [1.82, 2.24) is 4.98 Å². The number of carbonyl (C=O) groups excluding carboxylic acids is 1. The molecule has 2 aromatic rings. The lowest BCUT2D eigenvalue weighted by atomic mass is 10.1. The van der Waals surface area contributed by atoms with Crippen LogP contribution in [0.4, 0.5) is 11.4 Å². The fourth-order valence-electron chi connectivity index (χ4n) is 2.83. The minimum absolute atomic E-state index is 0.268. The second-order valence-electron chi connectivity index (χ2n) is 5.70. The van der Waals surface area contributed by atoms with Gasteiger partial charge in [-0.3, -0.25) is 9.78 Å². The van der Waals surface area contributed by atoms with Gasteiger partial charge in [-0.25, -0.2) is 0 Å². The van der Waals surface area contributed by atoms with E-state index < -0.39 is 0 Å². The molecular formula is C18H18N4O. The Morgan fingerprint density at radius 3 is 2.78 bits per heavy atom. The summed E-state index contributed by atoms with van der Waals surface area (Å²) in [4.78, 5) is 16.5. The number of benzene rings is 1. The smallest absolute Gasteiger partial charge is 0.257 e. The maximum absolute atomic E-state index is 12.4. The highest BCUT2D eigenvalue weighted by atomic mass is 16.1. The third kappa shape index (κ3) is 3.67. The Morgan fingerprint density at radius 2 is 2.00 bits per heavy atom. The van der Waals surface area contributed by atoms with Crippen molar-refractivity contribution in [1.29, 1.82) is 5.26 Å². The highest BCUT2D eigenvalue weighted by Crippen LogP contribution is 2.22. The van der Waals surface area contributed by atoms with Gasteiger partial charge in [0, 0.05) is 18.4 Å². The molecule has 0 unspecified atom stereocenters. The zero-order valence-corrected chi connectivity index (χ0v) is 12.7. The van der Waals surface area contributed by atoms with Gasteiger partial charge < -0.3 is 10.6 Å². The Kier molecular flexibility index (Phi) is 4.53. The number of nitriles is 1. The fourth-order valence-corrected chi connectivity index (χ4v) is 2.83. The lowest BCUT2D eigenvalue weighted by molar-refractivity contribution is 0.102. The molecule has 1 fully saturated rings. The highest BCUT2D eigenvalue weighted by Gasteiger charge is 2.15. The molecule has 0 aliphatic heterocycles. The first-order valence-corrected chi connectivity index (χ1v) is 7.78. The van der Waals surface area contributed by atoms with Crippen LogP contribution in [0.2, 0.25) is 0 Å². The summed E-state index contributed by atoms with van der Waals surface area (Å²) in [5.41, 5.74) is 2.28. The summed E-state index contributed by atoms with van der Waals surface area (Å²) in [5.74, 6) is -0.268. The lowest BCUT2D eigenvalue weighted by Gasteiger charge is -2.14. The number of amides is 1. The number of nitrogens with one attached hydrogen (secondary N) is 2. The van der Waals surface area contributed by atoms with Crippen LogP contribution in [0, 0.1) is 11.3 Å². The zero-order valence-electron chi connectivity index (χ0n) is 12.7. The Bertz CT molecular complexity index is 745. The van der Waals surface area contributed by atoms with E-state index in [1.807, 2.05) is 0 Å². The molecule has 1 aliphatic rings. The average molecular weight is 306 g/mol. The third-order valence-corrected chi connectivity index (χ3v) is 4.02. The molecule has 1 aliphatic carbocycles. The Labute approximate surface area is 135 Å². The maximum Gasteiger partial charge on any atom is 0.257 e. The van der Waals surface area contributed by atoms with Gasteiger partial charge in [0.15, 0.2) is 0 Å². The topological polar surface area (TPSA) is 77.8 Å². The summed E-state index contributed by atoms with van der Waals surface area (Å²) < 4.78 is 0. The van der Waals surface area contributed by atoms with E-state index in [1.54, 1.807) is 36.5 Å². The molecule has 5 nitrogen and oxygen atoms in total. The van der Waals surface area contributed by atoms with Gasteiger partial charge in [-0.05, 0) is 31.0 Å². The predicted molar refractivity (Wildman–Crippen MR) is 89.2 cm³/mol. The first-order valence-electron chi connectivity index (χ1n) is 7.78. The minimum Gasteiger partial charge on any atom is -0.381 e. The normalized spacial score (nSPS) is 14.2. The number of hydrogen-bond donors (Lipinski definition) is 2. The van der Waals surface area contributed by atoms with Crippen LogP contribution in [0.3, 0.4) is 0 Å². The van der Waals surface area contributed by atoms with Crippen LogP contribution in [-0.2, 0) is 0 Å². The van der Waals surface area contributed by atoms with Crippen molar-refractivity contribution < 1.29 is 4.79 Å². The largest absolute Gasteiger partial charge is 0.381 e. The van der Waals surface area contributed by atoms with Gasteiger partial charge in [-0.1, -0.05) is 25.0 Å². The van der Waals surface area contributed by atoms with Crippen LogP contribution in [-0.4, -0.2) is 16.9 Å². The van der Waals surface area contributed by atoms with Crippen LogP contribution in [0.15, 0.2) is 42.7 Å². The lowest BCUT2D eigenvalue weighted by Crippen LogP contribution is -2.17. The third-order valence-electron chi connectivity index (χ3n) is 4.02. The van der Waals surface area contributed by atoms with Crippen LogP contribution in [0.25, 0.3) is 0 Å². The molecule has 0 spiro atoms. The molecule has 1 saturated carbocycles. The molecule has 1 amide bonds. The van der Waals surface area contributed by atoms with E-state index >= 15 is 0 Å². The summed E-state index contributed by atoms with van der Waals surface area (Å²) >= 11 is 0. The summed E-state index contributed by atoms with van der Waals surface area (Å²) in [6.07, 6.45) is 8.08. The first kappa shape index (κ1) is 15.0. The quantitative estimate of drug-likeness (QED) is 0.905. The van der Waals surface area contributed by atoms with E-state index in [0.29, 0.717) is 22.9 Å². The van der Waals surface area contributed by atoms with Crippen molar-refractivity contribution in [2.75, 3.05) is 10.6 Å². The van der Waals surface area contributed by atoms with Gasteiger partial charge in [0.05, 0.1) is 22.5 Å². The number of rotatable bonds is 4. The average Bonchev–Trinajstić information content (AvgIpc) is 3.08. The molecule has 1 aromatic heterocycles. The molecule has 3 rings (SSSR count). The van der Waals surface area contributed by atoms with Crippen molar-refractivity contribution in [3.63, 3.8) is 0 Å². The number of carbonyl (C=O) groups is 1. The number of aromatic nitrogens is 1. The molecule has 0 atom stereocenters. The van der Waals surface area contributed by atoms with Crippen molar-refractivity contribution in [2.24, 2.45) is 0 Å². The van der Waals surface area contributed by atoms with Gasteiger partial charge in [0.25, 0.3) is 5.91 Å². The molecule has 116 valence electrons. The SMILES string of the molecule is N#Cc1ccccc1NC(=O)c1cncc(NC2CCCC2)c1. The van der Waals surface area contributed by atoms with E-state index in [9.17, 15) is 4.79 Å². The fraction of sp³-hybridized carbons (Fsp3) is 0.278. The van der Waals surface area contributed by atoms with Gasteiger partial charge in [0.1, 0.15) is 6.07 Å². The standard InChI is InChI=1S/C18H18N4O/c19-10-13-5-1-4-8-17(13)22-18(23)14-9-16(12-20-11-14)21-15-6-2-3-7-15/h1,4-5,8-9,11-12,15,21H,2-3,6-7H2,(H,22,23). The predicted octanol–water partition coefficient (Wildman–Crippen LogP) is 3.56. The molecule has 0 radical (unpaired) electrons. The second-order valence-corrected chi connectivity index (χ2v) is 5.70. The number of anilines is 2. The molecular weight excluding hydrogens is 288 g/mol. The van der Waals surface area contributed by atoms with Crippen LogP contribution < -0.4 is 10.6 Å². The van der Waals surface area contributed by atoms with Gasteiger partial charge in [0.2, 0.25) is 0 Å². The van der Waals surface area contributed by atoms with Crippen molar-refractivity contribution >= 4 is 17.3 Å². The van der Waals surface area contributed by atoms with Crippen LogP contribution in [0.1, 0.15) is 41.6 Å². The summed E-state index contributed by atoms with van der Waals surface area (Å²) in [6, 6.07) is 11.3. The molecule has 2 N–H and O–H groups in total. The van der Waals surface area contributed by atoms with Gasteiger partial charge >= 0.3 is 0 Å². The molecule has 23 heavy (non-hydrogen) atoms. The van der Waals surface area contributed by atoms with Crippen LogP contribution in [0.5, 0.6) is 0 Å². The summed E-state index contributed by atoms with van der Waals surface area (Å²) in [6.45, 7) is 0. The molecule has 0 bridgehead atoms. The minimum atomic E-state index is -0.268. The van der Waals surface area contributed by atoms with E-state index in [-0.39, 0.29) is 5.91 Å². The van der Waals surface area contributed by atoms with Gasteiger partial charge in [-0.2, -0.15) is 5.26 Å². The summed E-state index contributed by atoms with van der Waals surface area (Å²) in [7, 11) is 0. The van der Waals surface area contributed by atoms with Crippen LogP contribution >= 0.6 is 0 Å². The first-order chi connectivity index (χ1) is 11.3. The Balaban J connectivity index is 1.73. The Hall–Kier alpha value is -2.87. The van der Waals surface area contributed by atoms with Gasteiger partial charge in [-0.15, -0.1) is 0 Å². The molecule has 0 saturated heterocycles. The molecule has 1 aromatic carbocycles. The van der Waals surface area contributed by atoms with E-state index in [4.69, 9.17) is 5.26 Å². The number of para-hydroxylation sites is 1. The number of nitrogens with zero attached hydrogens (tertiary/aromatic N) is 2. The van der Waals surface area contributed by atoms with E-state index in [2.05, 4.69) is 21.7 Å². The second kappa shape index (κ2) is 6.93. The number of pyridine rings is 1. The van der Waals surface area contributed by atoms with Crippen molar-refractivity contribution in [3.05, 3.63) is 53.9 Å². The van der Waals surface area contributed by atoms with E-state index in [0.717, 1.165) is 18.5 Å². The Morgan fingerprint density at radius 1 is 1.22 bits per heavy atom. The van der Waals surface area contributed by atoms with Crippen molar-refractivity contribution in [2.45, 2.75) is 31.7 Å². The van der Waals surface area contributed by atoms with E-state index in [1.165, 1.54) is 19.0 Å². The highest BCUT2D eigenvalue weighted by molar-refractivity contribution is 6.05.